The molecule has 2 aromatic carbocycles. The fourth-order valence-electron chi connectivity index (χ4n) is 2.94. The van der Waals surface area contributed by atoms with E-state index >= 15 is 0 Å². The third kappa shape index (κ3) is 5.36. The van der Waals surface area contributed by atoms with Crippen LogP contribution in [0, 0.1) is 13.8 Å². The molecule has 0 radical (unpaired) electrons. The van der Waals surface area contributed by atoms with Crippen LogP contribution >= 0.6 is 0 Å². The Kier molecular flexibility index (Phi) is 7.05. The second kappa shape index (κ2) is 9.26. The fourth-order valence-corrected chi connectivity index (χ4v) is 2.94. The molecule has 0 atom stereocenters. The Balaban J connectivity index is 2.27. The maximum Gasteiger partial charge on any atom is 0.330 e. The largest absolute Gasteiger partial charge is 0.496 e. The zero-order chi connectivity index (χ0) is 20.0. The summed E-state index contributed by atoms with van der Waals surface area (Å²) >= 11 is 0. The Bertz CT molecular complexity index is 811. The fraction of sp³-hybridized carbons (Fsp3) is 0.348. The van der Waals surface area contributed by atoms with Gasteiger partial charge < -0.3 is 14.2 Å². The number of carbonyl (C=O) groups excluding carboxylic acids is 1. The van der Waals surface area contributed by atoms with Crippen LogP contribution in [0.25, 0.3) is 6.08 Å². The molecule has 4 heteroatoms. The highest BCUT2D eigenvalue weighted by atomic mass is 16.5. The molecule has 2 aromatic rings. The minimum absolute atomic E-state index is 0.334. The molecule has 2 rings (SSSR count). The molecule has 0 aromatic heterocycles. The second-order valence-electron chi connectivity index (χ2n) is 6.73. The van der Waals surface area contributed by atoms with Crippen molar-refractivity contribution in [2.24, 2.45) is 0 Å². The molecule has 0 unspecified atom stereocenters. The first-order valence-electron chi connectivity index (χ1n) is 9.17. The molecule has 0 heterocycles. The third-order valence-corrected chi connectivity index (χ3v) is 4.22. The number of aryl methyl sites for hydroxylation is 2. The van der Waals surface area contributed by atoms with Crippen LogP contribution in [0.4, 0.5) is 0 Å². The van der Waals surface area contributed by atoms with E-state index in [4.69, 9.17) is 14.2 Å². The first-order valence-corrected chi connectivity index (χ1v) is 9.17. The minimum atomic E-state index is -0.340. The molecular weight excluding hydrogens is 340 g/mol. The van der Waals surface area contributed by atoms with Crippen molar-refractivity contribution in [2.45, 2.75) is 40.5 Å². The van der Waals surface area contributed by atoms with Gasteiger partial charge in [-0.1, -0.05) is 13.8 Å². The topological polar surface area (TPSA) is 44.8 Å². The molecule has 0 saturated carbocycles. The van der Waals surface area contributed by atoms with Crippen molar-refractivity contribution >= 4 is 12.0 Å². The SMILES string of the molecule is CCOC(=O)C=Cc1cc(C)c(Oc2ccc(OC)c(C(C)C)c2)c(C)c1. The lowest BCUT2D eigenvalue weighted by atomic mass is 10.0. The Morgan fingerprint density at radius 2 is 1.78 bits per heavy atom. The summed E-state index contributed by atoms with van der Waals surface area (Å²) in [5.74, 6) is 2.46. The van der Waals surface area contributed by atoms with Crippen molar-refractivity contribution in [1.29, 1.82) is 0 Å². The van der Waals surface area contributed by atoms with E-state index in [0.29, 0.717) is 12.5 Å². The van der Waals surface area contributed by atoms with Gasteiger partial charge in [0.15, 0.2) is 0 Å². The van der Waals surface area contributed by atoms with Crippen LogP contribution in [-0.2, 0) is 9.53 Å². The van der Waals surface area contributed by atoms with E-state index < -0.39 is 0 Å². The van der Waals surface area contributed by atoms with Gasteiger partial charge in [0, 0.05) is 11.6 Å². The highest BCUT2D eigenvalue weighted by molar-refractivity contribution is 5.87. The quantitative estimate of drug-likeness (QED) is 0.457. The number of methoxy groups -OCH3 is 1. The van der Waals surface area contributed by atoms with Gasteiger partial charge in [-0.05, 0) is 79.8 Å². The third-order valence-electron chi connectivity index (χ3n) is 4.22. The zero-order valence-electron chi connectivity index (χ0n) is 17.0. The number of benzene rings is 2. The van der Waals surface area contributed by atoms with Crippen LogP contribution < -0.4 is 9.47 Å². The summed E-state index contributed by atoms with van der Waals surface area (Å²) in [5, 5.41) is 0. The second-order valence-corrected chi connectivity index (χ2v) is 6.73. The smallest absolute Gasteiger partial charge is 0.330 e. The maximum absolute atomic E-state index is 11.5. The molecule has 0 aliphatic carbocycles. The van der Waals surface area contributed by atoms with Gasteiger partial charge in [0.1, 0.15) is 17.2 Å². The summed E-state index contributed by atoms with van der Waals surface area (Å²) in [6, 6.07) is 9.86. The minimum Gasteiger partial charge on any atom is -0.496 e. The van der Waals surface area contributed by atoms with Crippen molar-refractivity contribution in [3.63, 3.8) is 0 Å². The van der Waals surface area contributed by atoms with Gasteiger partial charge in [0.05, 0.1) is 13.7 Å². The van der Waals surface area contributed by atoms with E-state index in [2.05, 4.69) is 13.8 Å². The lowest BCUT2D eigenvalue weighted by Gasteiger charge is -2.16. The van der Waals surface area contributed by atoms with E-state index in [9.17, 15) is 4.79 Å². The highest BCUT2D eigenvalue weighted by Gasteiger charge is 2.12. The number of carbonyl (C=O) groups is 1. The summed E-state index contributed by atoms with van der Waals surface area (Å²) in [5.41, 5.74) is 4.04. The molecule has 0 aliphatic rings. The van der Waals surface area contributed by atoms with Crippen molar-refractivity contribution in [2.75, 3.05) is 13.7 Å². The van der Waals surface area contributed by atoms with Crippen molar-refractivity contribution in [1.82, 2.24) is 0 Å². The molecule has 0 fully saturated rings. The van der Waals surface area contributed by atoms with E-state index in [0.717, 1.165) is 39.5 Å². The molecule has 144 valence electrons. The number of hydrogen-bond donors (Lipinski definition) is 0. The monoisotopic (exact) mass is 368 g/mol. The molecule has 0 N–H and O–H groups in total. The van der Waals surface area contributed by atoms with Crippen LogP contribution in [0.3, 0.4) is 0 Å². The van der Waals surface area contributed by atoms with E-state index in [-0.39, 0.29) is 5.97 Å². The summed E-state index contributed by atoms with van der Waals surface area (Å²) in [7, 11) is 1.68. The van der Waals surface area contributed by atoms with Crippen molar-refractivity contribution in [3.8, 4) is 17.2 Å². The predicted molar refractivity (Wildman–Crippen MR) is 109 cm³/mol. The normalized spacial score (nSPS) is 11.1. The zero-order valence-corrected chi connectivity index (χ0v) is 17.0. The molecule has 4 nitrogen and oxygen atoms in total. The van der Waals surface area contributed by atoms with Crippen LogP contribution in [-0.4, -0.2) is 19.7 Å². The van der Waals surface area contributed by atoms with Gasteiger partial charge in [-0.15, -0.1) is 0 Å². The number of ether oxygens (including phenoxy) is 3. The lowest BCUT2D eigenvalue weighted by molar-refractivity contribution is -0.137. The van der Waals surface area contributed by atoms with Gasteiger partial charge in [0.2, 0.25) is 0 Å². The Labute approximate surface area is 161 Å². The molecule has 0 bridgehead atoms. The van der Waals surface area contributed by atoms with Crippen LogP contribution in [0.5, 0.6) is 17.2 Å². The first-order chi connectivity index (χ1) is 12.8. The number of rotatable bonds is 7. The number of hydrogen-bond acceptors (Lipinski definition) is 4. The van der Waals surface area contributed by atoms with Gasteiger partial charge in [-0.2, -0.15) is 0 Å². The van der Waals surface area contributed by atoms with Crippen LogP contribution in [0.1, 0.15) is 48.9 Å². The number of esters is 1. The van der Waals surface area contributed by atoms with Gasteiger partial charge in [0.25, 0.3) is 0 Å². The Morgan fingerprint density at radius 3 is 2.33 bits per heavy atom. The molecule has 0 saturated heterocycles. The van der Waals surface area contributed by atoms with E-state index in [1.54, 1.807) is 20.1 Å². The van der Waals surface area contributed by atoms with Gasteiger partial charge in [-0.3, -0.25) is 0 Å². The average molecular weight is 368 g/mol. The summed E-state index contributed by atoms with van der Waals surface area (Å²) in [6.07, 6.45) is 3.20. The van der Waals surface area contributed by atoms with E-state index in [1.807, 2.05) is 44.2 Å². The molecule has 0 amide bonds. The highest BCUT2D eigenvalue weighted by Crippen LogP contribution is 2.35. The first kappa shape index (κ1) is 20.6. The Hall–Kier alpha value is -2.75. The standard InChI is InChI=1S/C23H28O4/c1-7-26-22(24)11-8-18-12-16(4)23(17(5)13-18)27-19-9-10-21(25-6)20(14-19)15(2)3/h8-15H,7H2,1-6H3. The van der Waals surface area contributed by atoms with Crippen LogP contribution in [0.2, 0.25) is 0 Å². The molecule has 0 aliphatic heterocycles. The van der Waals surface area contributed by atoms with Crippen molar-refractivity contribution in [3.05, 3.63) is 58.7 Å². The molecular formula is C23H28O4. The summed E-state index contributed by atoms with van der Waals surface area (Å²) < 4.78 is 16.5. The van der Waals surface area contributed by atoms with Crippen LogP contribution in [0.15, 0.2) is 36.4 Å². The maximum atomic E-state index is 11.5. The summed E-state index contributed by atoms with van der Waals surface area (Å²) in [6.45, 7) is 10.4. The van der Waals surface area contributed by atoms with Gasteiger partial charge in [-0.25, -0.2) is 4.79 Å². The predicted octanol–water partition coefficient (Wildman–Crippen LogP) is 5.80. The van der Waals surface area contributed by atoms with Gasteiger partial charge >= 0.3 is 5.97 Å². The average Bonchev–Trinajstić information content (AvgIpc) is 2.63. The Morgan fingerprint density at radius 1 is 1.11 bits per heavy atom. The lowest BCUT2D eigenvalue weighted by Crippen LogP contribution is -1.99. The van der Waals surface area contributed by atoms with Crippen molar-refractivity contribution < 1.29 is 19.0 Å². The molecule has 27 heavy (non-hydrogen) atoms. The summed E-state index contributed by atoms with van der Waals surface area (Å²) in [4.78, 5) is 11.5. The molecule has 0 spiro atoms. The van der Waals surface area contributed by atoms with E-state index in [1.165, 1.54) is 6.08 Å².